The van der Waals surface area contributed by atoms with Gasteiger partial charge in [-0.1, -0.05) is 103 Å². The lowest BCUT2D eigenvalue weighted by Crippen LogP contribution is -2.44. The van der Waals surface area contributed by atoms with E-state index in [-0.39, 0.29) is 30.3 Å². The number of phosphoric ester groups is 1. The van der Waals surface area contributed by atoms with E-state index >= 15 is 0 Å². The predicted molar refractivity (Wildman–Crippen MR) is 204 cm³/mol. The summed E-state index contributed by atoms with van der Waals surface area (Å²) in [4.78, 5) is 17.9. The predicted octanol–water partition coefficient (Wildman–Crippen LogP) is 7.71. The summed E-state index contributed by atoms with van der Waals surface area (Å²) in [6.45, 7) is 8.65. The van der Waals surface area contributed by atoms with Gasteiger partial charge in [0, 0.05) is 0 Å². The number of nitrogen functional groups attached to an aromatic ring is 1. The molecule has 0 amide bonds. The van der Waals surface area contributed by atoms with Crippen LogP contribution in [-0.2, 0) is 29.7 Å². The number of hydrogen-bond acceptors (Lipinski definition) is 11. The number of ether oxygens (including phenoxy) is 2. The van der Waals surface area contributed by atoms with Crippen molar-refractivity contribution in [3.05, 3.63) is 70.7 Å². The van der Waals surface area contributed by atoms with E-state index in [1.54, 1.807) is 12.1 Å². The number of unbranched alkanes of at least 4 members (excludes halogenated alkanes) is 14. The van der Waals surface area contributed by atoms with Crippen molar-refractivity contribution in [3.8, 4) is 6.07 Å². The summed E-state index contributed by atoms with van der Waals surface area (Å²) in [6, 6.07) is 8.93. The Hall–Kier alpha value is -3.50. The third-order valence-corrected chi connectivity index (χ3v) is 10.9. The number of anilines is 1. The van der Waals surface area contributed by atoms with Crippen LogP contribution >= 0.6 is 7.82 Å². The zero-order valence-electron chi connectivity index (χ0n) is 31.7. The normalized spacial score (nSPS) is 21.3. The number of halogens is 1. The Morgan fingerprint density at radius 3 is 2.29 bits per heavy atom. The summed E-state index contributed by atoms with van der Waals surface area (Å²) in [5.41, 5.74) is 4.89. The van der Waals surface area contributed by atoms with Gasteiger partial charge in [0.25, 0.3) is 0 Å². The maximum Gasteiger partial charge on any atom is 0.472 e. The molecule has 2 aromatic heterocycles. The summed E-state index contributed by atoms with van der Waals surface area (Å²) < 4.78 is 50.8. The van der Waals surface area contributed by atoms with Gasteiger partial charge in [0.15, 0.2) is 18.5 Å². The Kier molecular flexibility index (Phi) is 17.9. The van der Waals surface area contributed by atoms with Gasteiger partial charge < -0.3 is 25.6 Å². The molecular formula is C39H56FN6O8P. The number of hydrogen-bond donors (Lipinski definition) is 4. The molecule has 3 heterocycles. The van der Waals surface area contributed by atoms with Gasteiger partial charge in [0.1, 0.15) is 29.9 Å². The number of aliphatic hydroxyl groups is 2. The number of aliphatic hydroxyl groups excluding tert-OH is 2. The van der Waals surface area contributed by atoms with E-state index in [2.05, 4.69) is 21.9 Å². The molecular weight excluding hydrogens is 730 g/mol. The average Bonchev–Trinajstić information content (AvgIpc) is 3.71. The van der Waals surface area contributed by atoms with Gasteiger partial charge in [-0.05, 0) is 42.3 Å². The van der Waals surface area contributed by atoms with Crippen LogP contribution in [0.25, 0.3) is 10.4 Å². The highest BCUT2D eigenvalue weighted by Gasteiger charge is 2.62. The third kappa shape index (κ3) is 13.3. The maximum absolute atomic E-state index is 14.1. The van der Waals surface area contributed by atoms with Crippen molar-refractivity contribution in [2.45, 2.75) is 146 Å². The van der Waals surface area contributed by atoms with E-state index in [0.29, 0.717) is 17.5 Å². The molecule has 4 rings (SSSR count). The standard InChI is InChI=1S/C39H56FN6O8P/c1-3-4-5-6-7-8-9-10-11-12-13-14-15-16-17-18-32(51-25-30-21-29(24-41)22-31(40)23-30)26-52-55(49,50)53-27-39(43-2)37(48)35(47)36(54-39)33-19-20-34-38(42)44-28-45-46(33)34/h19-23,28,32,35-37,47-48H,3-18,25-27H2,1H3,(H,49,50)(H2,42,44,45)/t32-,35+,36+,37+,39-/m1/s1. The van der Waals surface area contributed by atoms with Gasteiger partial charge in [-0.15, -0.1) is 0 Å². The van der Waals surface area contributed by atoms with Crippen LogP contribution < -0.4 is 5.73 Å². The second-order valence-electron chi connectivity index (χ2n) is 14.3. The molecule has 16 heteroatoms. The van der Waals surface area contributed by atoms with Crippen molar-refractivity contribution in [2.75, 3.05) is 18.9 Å². The number of nitriles is 1. The van der Waals surface area contributed by atoms with E-state index in [1.807, 2.05) is 6.07 Å². The second-order valence-corrected chi connectivity index (χ2v) is 15.8. The van der Waals surface area contributed by atoms with Gasteiger partial charge in [0.2, 0.25) is 0 Å². The number of aromatic nitrogens is 3. The van der Waals surface area contributed by atoms with Crippen LogP contribution in [0.1, 0.15) is 133 Å². The quantitative estimate of drug-likeness (QED) is 0.0352. The first-order chi connectivity index (χ1) is 26.5. The van der Waals surface area contributed by atoms with Crippen LogP contribution in [0.5, 0.6) is 0 Å². The van der Waals surface area contributed by atoms with Crippen LogP contribution in [0.15, 0.2) is 36.7 Å². The molecule has 1 saturated heterocycles. The highest BCUT2D eigenvalue weighted by molar-refractivity contribution is 7.47. The Bertz CT molecular complexity index is 1770. The largest absolute Gasteiger partial charge is 0.472 e. The third-order valence-electron chi connectivity index (χ3n) is 9.98. The Balaban J connectivity index is 1.26. The summed E-state index contributed by atoms with van der Waals surface area (Å²) >= 11 is 0. The molecule has 5 N–H and O–H groups in total. The van der Waals surface area contributed by atoms with E-state index in [0.717, 1.165) is 31.7 Å². The minimum Gasteiger partial charge on any atom is -0.387 e. The van der Waals surface area contributed by atoms with Crippen molar-refractivity contribution in [3.63, 3.8) is 0 Å². The van der Waals surface area contributed by atoms with Gasteiger partial charge in [-0.25, -0.2) is 25.0 Å². The van der Waals surface area contributed by atoms with Crippen molar-refractivity contribution < 1.29 is 42.6 Å². The zero-order chi connectivity index (χ0) is 39.7. The van der Waals surface area contributed by atoms with Gasteiger partial charge >= 0.3 is 13.5 Å². The number of nitrogens with zero attached hydrogens (tertiary/aromatic N) is 5. The fourth-order valence-electron chi connectivity index (χ4n) is 6.82. The summed E-state index contributed by atoms with van der Waals surface area (Å²) in [5.74, 6) is -0.418. The molecule has 0 radical (unpaired) electrons. The number of fused-ring (bicyclic) bond motifs is 1. The Labute approximate surface area is 323 Å². The van der Waals surface area contributed by atoms with Gasteiger partial charge in [0.05, 0.1) is 36.6 Å². The minimum absolute atomic E-state index is 0.0685. The molecule has 0 bridgehead atoms. The molecule has 55 heavy (non-hydrogen) atoms. The molecule has 14 nitrogen and oxygen atoms in total. The summed E-state index contributed by atoms with van der Waals surface area (Å²) in [7, 11) is -4.86. The number of rotatable bonds is 26. The molecule has 1 aliphatic rings. The summed E-state index contributed by atoms with van der Waals surface area (Å²) in [5, 5.41) is 35.1. The number of nitrogens with two attached hydrogens (primary N) is 1. The average molecular weight is 787 g/mol. The smallest absolute Gasteiger partial charge is 0.387 e. The SMILES string of the molecule is [C-]#[N+][C@]1(COP(=O)(O)OC[C@@H](CCCCCCCCCCCCCCCCC)OCc2cc(F)cc(C#N)c2)O[C@@H](c2ccc3c(N)ncnn23)[C@H](O)[C@@H]1O. The molecule has 3 aromatic rings. The first-order valence-corrected chi connectivity index (χ1v) is 21.0. The van der Waals surface area contributed by atoms with E-state index in [9.17, 15) is 29.3 Å². The lowest BCUT2D eigenvalue weighted by molar-refractivity contribution is -0.0831. The van der Waals surface area contributed by atoms with E-state index in [4.69, 9.17) is 30.8 Å². The van der Waals surface area contributed by atoms with Gasteiger partial charge in [-0.3, -0.25) is 18.6 Å². The molecule has 1 aliphatic heterocycles. The highest BCUT2D eigenvalue weighted by atomic mass is 31.2. The molecule has 1 fully saturated rings. The Morgan fingerprint density at radius 1 is 1.04 bits per heavy atom. The number of benzene rings is 1. The molecule has 302 valence electrons. The first-order valence-electron chi connectivity index (χ1n) is 19.5. The van der Waals surface area contributed by atoms with Crippen LogP contribution in [0.4, 0.5) is 10.2 Å². The first kappa shape index (κ1) is 44.2. The van der Waals surface area contributed by atoms with Crippen molar-refractivity contribution in [2.24, 2.45) is 0 Å². The van der Waals surface area contributed by atoms with Crippen LogP contribution in [0.2, 0.25) is 0 Å². The van der Waals surface area contributed by atoms with Gasteiger partial charge in [-0.2, -0.15) is 10.4 Å². The highest BCUT2D eigenvalue weighted by Crippen LogP contribution is 2.48. The molecule has 1 aromatic carbocycles. The van der Waals surface area contributed by atoms with Crippen LogP contribution in [-0.4, -0.2) is 67.0 Å². The minimum atomic E-state index is -4.86. The molecule has 0 aliphatic carbocycles. The maximum atomic E-state index is 14.1. The van der Waals surface area contributed by atoms with Crippen molar-refractivity contribution in [1.82, 2.24) is 14.6 Å². The topological polar surface area (TPSA) is 199 Å². The van der Waals surface area contributed by atoms with Crippen LogP contribution in [0.3, 0.4) is 0 Å². The Morgan fingerprint density at radius 2 is 1.67 bits per heavy atom. The van der Waals surface area contributed by atoms with E-state index in [1.165, 1.54) is 93.6 Å². The molecule has 6 atom stereocenters. The van der Waals surface area contributed by atoms with E-state index < -0.39 is 50.4 Å². The lowest BCUT2D eigenvalue weighted by atomic mass is 10.0. The van der Waals surface area contributed by atoms with Crippen LogP contribution in [0, 0.1) is 23.7 Å². The van der Waals surface area contributed by atoms with Crippen molar-refractivity contribution >= 4 is 19.2 Å². The zero-order valence-corrected chi connectivity index (χ0v) is 32.6. The fourth-order valence-corrected chi connectivity index (χ4v) is 7.60. The molecule has 1 unspecified atom stereocenters. The summed E-state index contributed by atoms with van der Waals surface area (Å²) in [6.07, 6.45) is 14.4. The van der Waals surface area contributed by atoms with Crippen molar-refractivity contribution in [1.29, 1.82) is 5.26 Å². The monoisotopic (exact) mass is 786 g/mol. The fraction of sp³-hybridized carbons (Fsp3) is 0.641. The lowest BCUT2D eigenvalue weighted by Gasteiger charge is -2.23. The molecule has 0 saturated carbocycles. The molecule has 0 spiro atoms. The second kappa shape index (κ2) is 22.3. The number of phosphoric acid groups is 1.